The zero-order valence-electron chi connectivity index (χ0n) is 27.6. The lowest BCUT2D eigenvalue weighted by Crippen LogP contribution is -2.26. The van der Waals surface area contributed by atoms with Crippen molar-refractivity contribution in [3.63, 3.8) is 0 Å². The highest BCUT2D eigenvalue weighted by atomic mass is 35.5. The fourth-order valence-electron chi connectivity index (χ4n) is 6.23. The smallest absolute Gasteiger partial charge is 0.355 e. The maximum Gasteiger partial charge on any atom is 0.355 e. The van der Waals surface area contributed by atoms with Gasteiger partial charge >= 0.3 is 5.97 Å². The number of hydrogen-bond acceptors (Lipinski definition) is 5. The summed E-state index contributed by atoms with van der Waals surface area (Å²) in [6.07, 6.45) is 3.23. The van der Waals surface area contributed by atoms with Crippen molar-refractivity contribution < 1.29 is 14.3 Å². The van der Waals surface area contributed by atoms with Gasteiger partial charge in [-0.05, 0) is 97.0 Å². The monoisotopic (exact) mass is 628 g/mol. The largest absolute Gasteiger partial charge is 0.493 e. The van der Waals surface area contributed by atoms with Crippen LogP contribution < -0.4 is 10.1 Å². The molecule has 2 heterocycles. The summed E-state index contributed by atoms with van der Waals surface area (Å²) in [5, 5.41) is 11.8. The lowest BCUT2D eigenvalue weighted by Gasteiger charge is -2.21. The van der Waals surface area contributed by atoms with Crippen LogP contribution in [0.1, 0.15) is 67.5 Å². The van der Waals surface area contributed by atoms with Crippen LogP contribution in [0.25, 0.3) is 32.8 Å². The number of nitrogens with zero attached hydrogens (tertiary/aromatic N) is 3. The van der Waals surface area contributed by atoms with E-state index in [1.807, 2.05) is 76.8 Å². The average molecular weight is 629 g/mol. The molecule has 2 aromatic heterocycles. The maximum atomic E-state index is 14.1. The highest BCUT2D eigenvalue weighted by Gasteiger charge is 2.30. The van der Waals surface area contributed by atoms with Crippen molar-refractivity contribution in [3.05, 3.63) is 82.3 Å². The number of halogens is 1. The van der Waals surface area contributed by atoms with Crippen molar-refractivity contribution >= 4 is 39.2 Å². The second-order valence-electron chi connectivity index (χ2n) is 12.7. The molecule has 0 aliphatic carbocycles. The number of rotatable bonds is 12. The van der Waals surface area contributed by atoms with Crippen molar-refractivity contribution in [1.29, 1.82) is 0 Å². The molecule has 0 radical (unpaired) electrons. The molecule has 0 saturated heterocycles. The lowest BCUT2D eigenvalue weighted by atomic mass is 9.98. The SMILES string of the molecule is CNCCCCn1c(C(=O)OC(C)(C)C)c(CCCOc2cccc3ccccc23)c2ccc(Cl)c(-c3c(C)nn(C)c3C)c21. The van der Waals surface area contributed by atoms with E-state index in [2.05, 4.69) is 41.1 Å². The first-order chi connectivity index (χ1) is 21.5. The van der Waals surface area contributed by atoms with Gasteiger partial charge in [0.1, 0.15) is 17.0 Å². The molecule has 1 N–H and O–H groups in total. The predicted octanol–water partition coefficient (Wildman–Crippen LogP) is 8.43. The fourth-order valence-corrected chi connectivity index (χ4v) is 6.47. The molecule has 45 heavy (non-hydrogen) atoms. The van der Waals surface area contributed by atoms with Crippen molar-refractivity contribution in [2.75, 3.05) is 20.2 Å². The van der Waals surface area contributed by atoms with Crippen molar-refractivity contribution in [2.24, 2.45) is 7.05 Å². The van der Waals surface area contributed by atoms with E-state index in [0.29, 0.717) is 30.3 Å². The molecule has 0 fully saturated rings. The highest BCUT2D eigenvalue weighted by molar-refractivity contribution is 6.35. The Labute approximate surface area is 271 Å². The van der Waals surface area contributed by atoms with E-state index >= 15 is 0 Å². The second kappa shape index (κ2) is 13.7. The van der Waals surface area contributed by atoms with E-state index in [0.717, 1.165) is 81.3 Å². The molecule has 238 valence electrons. The molecular formula is C37H45ClN4O3. The minimum Gasteiger partial charge on any atom is -0.493 e. The Morgan fingerprint density at radius 1 is 0.956 bits per heavy atom. The highest BCUT2D eigenvalue weighted by Crippen LogP contribution is 2.42. The first kappa shape index (κ1) is 32.6. The van der Waals surface area contributed by atoms with Gasteiger partial charge in [-0.25, -0.2) is 4.79 Å². The summed E-state index contributed by atoms with van der Waals surface area (Å²) in [6.45, 7) is 11.9. The summed E-state index contributed by atoms with van der Waals surface area (Å²) in [6, 6.07) is 18.4. The van der Waals surface area contributed by atoms with E-state index in [9.17, 15) is 4.79 Å². The van der Waals surface area contributed by atoms with Gasteiger partial charge in [0.05, 0.1) is 22.8 Å². The Bertz CT molecular complexity index is 1820. The minimum atomic E-state index is -0.643. The number of carbonyl (C=O) groups excluding carboxylic acids is 1. The van der Waals surface area contributed by atoms with E-state index in [1.54, 1.807) is 0 Å². The van der Waals surface area contributed by atoms with Crippen LogP contribution in [0.4, 0.5) is 0 Å². The molecule has 0 aliphatic rings. The number of carbonyl (C=O) groups is 1. The Morgan fingerprint density at radius 3 is 2.42 bits per heavy atom. The zero-order valence-corrected chi connectivity index (χ0v) is 28.3. The summed E-state index contributed by atoms with van der Waals surface area (Å²) >= 11 is 7.04. The van der Waals surface area contributed by atoms with Gasteiger partial charge in [0.15, 0.2) is 0 Å². The summed E-state index contributed by atoms with van der Waals surface area (Å²) in [5.41, 5.74) is 5.71. The number of benzene rings is 3. The molecule has 0 aliphatic heterocycles. The van der Waals surface area contributed by atoms with Gasteiger partial charge in [0, 0.05) is 41.2 Å². The molecule has 0 spiro atoms. The molecule has 7 nitrogen and oxygen atoms in total. The normalized spacial score (nSPS) is 11.9. The first-order valence-corrected chi connectivity index (χ1v) is 16.2. The topological polar surface area (TPSA) is 70.3 Å². The molecular weight excluding hydrogens is 584 g/mol. The molecule has 8 heteroatoms. The third kappa shape index (κ3) is 6.90. The molecule has 0 bridgehead atoms. The lowest BCUT2D eigenvalue weighted by molar-refractivity contribution is 0.00566. The van der Waals surface area contributed by atoms with Gasteiger partial charge in [-0.2, -0.15) is 5.10 Å². The van der Waals surface area contributed by atoms with E-state index in [-0.39, 0.29) is 5.97 Å². The van der Waals surface area contributed by atoms with E-state index < -0.39 is 5.60 Å². The summed E-state index contributed by atoms with van der Waals surface area (Å²) in [7, 11) is 3.91. The van der Waals surface area contributed by atoms with Gasteiger partial charge in [0.2, 0.25) is 0 Å². The van der Waals surface area contributed by atoms with E-state index in [1.165, 1.54) is 0 Å². The standard InChI is InChI=1S/C37H45ClN4O3/c1-24-32(25(2)41(7)40-24)33-30(38)20-19-29-28(17-13-23-44-31-18-12-15-26-14-8-9-16-27(26)31)35(36(43)45-37(3,4)5)42(34(29)33)22-11-10-21-39-6/h8-9,12,14-16,18-20,39H,10-11,13,17,21-23H2,1-7H3. The Kier molecular flexibility index (Phi) is 9.90. The third-order valence-electron chi connectivity index (χ3n) is 8.27. The summed E-state index contributed by atoms with van der Waals surface area (Å²) in [5.74, 6) is 0.544. The third-order valence-corrected chi connectivity index (χ3v) is 8.58. The first-order valence-electron chi connectivity index (χ1n) is 15.8. The van der Waals surface area contributed by atoms with Crippen molar-refractivity contribution in [2.45, 2.75) is 72.4 Å². The average Bonchev–Trinajstić information content (AvgIpc) is 3.44. The molecule has 0 saturated carbocycles. The summed E-state index contributed by atoms with van der Waals surface area (Å²) in [4.78, 5) is 14.1. The molecule has 5 aromatic rings. The van der Waals surface area contributed by atoms with Crippen LogP contribution in [-0.4, -0.2) is 46.1 Å². The minimum absolute atomic E-state index is 0.320. The molecule has 0 amide bonds. The Balaban J connectivity index is 1.62. The number of hydrogen-bond donors (Lipinski definition) is 1. The number of fused-ring (bicyclic) bond motifs is 2. The maximum absolute atomic E-state index is 14.1. The fraction of sp³-hybridized carbons (Fsp3) is 0.405. The number of aromatic nitrogens is 3. The van der Waals surface area contributed by atoms with Gasteiger partial charge in [-0.1, -0.05) is 54.1 Å². The molecule has 5 rings (SSSR count). The Morgan fingerprint density at radius 2 is 1.71 bits per heavy atom. The number of nitrogens with one attached hydrogen (secondary N) is 1. The van der Waals surface area contributed by atoms with Gasteiger partial charge in [0.25, 0.3) is 0 Å². The van der Waals surface area contributed by atoms with Crippen molar-refractivity contribution in [3.8, 4) is 16.9 Å². The number of aryl methyl sites for hydroxylation is 4. The van der Waals surface area contributed by atoms with Crippen LogP contribution in [0.2, 0.25) is 5.02 Å². The second-order valence-corrected chi connectivity index (χ2v) is 13.1. The molecule has 0 unspecified atom stereocenters. The van der Waals surface area contributed by atoms with Crippen LogP contribution in [0, 0.1) is 13.8 Å². The zero-order chi connectivity index (χ0) is 32.3. The quantitative estimate of drug-likeness (QED) is 0.111. The van der Waals surface area contributed by atoms with Crippen LogP contribution >= 0.6 is 11.6 Å². The van der Waals surface area contributed by atoms with Crippen molar-refractivity contribution in [1.82, 2.24) is 19.7 Å². The Hall–Kier alpha value is -3.81. The number of unbranched alkanes of at least 4 members (excludes halogenated alkanes) is 1. The van der Waals surface area contributed by atoms with Crippen LogP contribution in [0.5, 0.6) is 5.75 Å². The van der Waals surface area contributed by atoms with Crippen LogP contribution in [0.15, 0.2) is 54.6 Å². The van der Waals surface area contributed by atoms with Gasteiger partial charge in [-0.3, -0.25) is 4.68 Å². The van der Waals surface area contributed by atoms with Gasteiger partial charge in [-0.15, -0.1) is 0 Å². The molecule has 0 atom stereocenters. The van der Waals surface area contributed by atoms with Gasteiger partial charge < -0.3 is 19.4 Å². The summed E-state index contributed by atoms with van der Waals surface area (Å²) < 4.78 is 16.4. The van der Waals surface area contributed by atoms with E-state index in [4.69, 9.17) is 26.2 Å². The molecule has 3 aromatic carbocycles. The predicted molar refractivity (Wildman–Crippen MR) is 185 cm³/mol. The number of ether oxygens (including phenoxy) is 2. The van der Waals surface area contributed by atoms with Crippen LogP contribution in [-0.2, 0) is 24.8 Å². The number of esters is 1. The van der Waals surface area contributed by atoms with Crippen LogP contribution in [0.3, 0.4) is 0 Å².